The van der Waals surface area contributed by atoms with E-state index in [4.69, 9.17) is 0 Å². The number of hydrogen-bond acceptors (Lipinski definition) is 4. The van der Waals surface area contributed by atoms with Crippen molar-refractivity contribution in [2.24, 2.45) is 0 Å². The maximum atomic E-state index is 12.3. The summed E-state index contributed by atoms with van der Waals surface area (Å²) in [6, 6.07) is 6.23. The zero-order valence-electron chi connectivity index (χ0n) is 11.4. The Labute approximate surface area is 125 Å². The molecule has 4 heterocycles. The molecule has 4 aliphatic rings. The predicted octanol–water partition coefficient (Wildman–Crippen LogP) is 1.08. The van der Waals surface area contributed by atoms with Crippen molar-refractivity contribution in [1.29, 1.82) is 0 Å². The number of rotatable bonds is 0. The second-order valence-electron chi connectivity index (χ2n) is 5.31. The normalized spacial score (nSPS) is 20.2. The Balaban J connectivity index is 1.89. The predicted molar refractivity (Wildman–Crippen MR) is 76.8 cm³/mol. The molecule has 108 valence electrons. The van der Waals surface area contributed by atoms with Crippen LogP contribution in [0.1, 0.15) is 12.8 Å². The van der Waals surface area contributed by atoms with Crippen molar-refractivity contribution in [1.82, 2.24) is 0 Å². The highest BCUT2D eigenvalue weighted by Gasteiger charge is 2.36. The van der Waals surface area contributed by atoms with Crippen molar-refractivity contribution in [3.63, 3.8) is 0 Å². The Hall–Kier alpha value is -3.02. The van der Waals surface area contributed by atoms with E-state index in [-0.39, 0.29) is 36.5 Å². The third kappa shape index (κ3) is 1.60. The first-order valence-electron chi connectivity index (χ1n) is 6.84. The Morgan fingerprint density at radius 1 is 0.636 bits per heavy atom. The molecule has 0 radical (unpaired) electrons. The third-order valence-corrected chi connectivity index (χ3v) is 4.02. The van der Waals surface area contributed by atoms with Crippen LogP contribution in [0.4, 0.5) is 11.4 Å². The standard InChI is InChI=1S/C16H10N2O4/c19-13-7-9-1-2-10-8-14(20)18(16(10)22)12-5-3-11(4-6-12)17(13)15(9)21/h3-8H,1-2H2. The van der Waals surface area contributed by atoms with Crippen LogP contribution >= 0.6 is 0 Å². The van der Waals surface area contributed by atoms with Crippen molar-refractivity contribution < 1.29 is 19.2 Å². The molecule has 0 unspecified atom stereocenters. The molecule has 0 fully saturated rings. The number of benzene rings is 1. The average Bonchev–Trinajstić information content (AvgIpc) is 2.94. The maximum Gasteiger partial charge on any atom is 0.261 e. The molecular formula is C16H10N2O4. The van der Waals surface area contributed by atoms with Crippen molar-refractivity contribution >= 4 is 35.0 Å². The number of amides is 4. The van der Waals surface area contributed by atoms with Crippen LogP contribution in [0.2, 0.25) is 0 Å². The van der Waals surface area contributed by atoms with E-state index >= 15 is 0 Å². The molecule has 0 saturated heterocycles. The molecule has 6 nitrogen and oxygen atoms in total. The van der Waals surface area contributed by atoms with E-state index in [9.17, 15) is 19.2 Å². The van der Waals surface area contributed by atoms with Gasteiger partial charge in [-0.25, -0.2) is 9.80 Å². The third-order valence-electron chi connectivity index (χ3n) is 4.02. The molecule has 6 heteroatoms. The molecular weight excluding hydrogens is 284 g/mol. The second-order valence-corrected chi connectivity index (χ2v) is 5.31. The van der Waals surface area contributed by atoms with Crippen LogP contribution in [-0.4, -0.2) is 23.6 Å². The highest BCUT2D eigenvalue weighted by molar-refractivity contribution is 6.32. The van der Waals surface area contributed by atoms with Gasteiger partial charge in [-0.15, -0.1) is 0 Å². The first-order chi connectivity index (χ1) is 10.6. The lowest BCUT2D eigenvalue weighted by molar-refractivity contribution is -0.122. The Morgan fingerprint density at radius 2 is 1.00 bits per heavy atom. The van der Waals surface area contributed by atoms with Gasteiger partial charge in [0, 0.05) is 23.3 Å². The molecule has 0 aliphatic carbocycles. The van der Waals surface area contributed by atoms with Crippen LogP contribution in [0, 0.1) is 0 Å². The number of carbonyl (C=O) groups is 4. The number of anilines is 2. The summed E-state index contributed by atoms with van der Waals surface area (Å²) in [7, 11) is 0. The number of imide groups is 2. The maximum absolute atomic E-state index is 12.3. The van der Waals surface area contributed by atoms with Gasteiger partial charge >= 0.3 is 0 Å². The lowest BCUT2D eigenvalue weighted by atomic mass is 10.0. The zero-order valence-corrected chi connectivity index (χ0v) is 11.4. The lowest BCUT2D eigenvalue weighted by Crippen LogP contribution is -2.33. The minimum absolute atomic E-state index is 0.260. The highest BCUT2D eigenvalue weighted by Crippen LogP contribution is 2.32. The topological polar surface area (TPSA) is 74.8 Å². The van der Waals surface area contributed by atoms with Gasteiger partial charge in [-0.3, -0.25) is 19.2 Å². The summed E-state index contributed by atoms with van der Waals surface area (Å²) in [5.41, 5.74) is 1.57. The number of hydrogen-bond donors (Lipinski definition) is 0. The SMILES string of the molecule is O=C1C=C2CCC3=CC(=O)N(C3=O)c3ccc(cc3)N1C2=O. The van der Waals surface area contributed by atoms with E-state index < -0.39 is 0 Å². The van der Waals surface area contributed by atoms with Gasteiger partial charge in [0.2, 0.25) is 0 Å². The van der Waals surface area contributed by atoms with Crippen LogP contribution in [0.3, 0.4) is 0 Å². The van der Waals surface area contributed by atoms with Gasteiger partial charge in [-0.05, 0) is 37.1 Å². The van der Waals surface area contributed by atoms with Gasteiger partial charge < -0.3 is 0 Å². The molecule has 6 bridgehead atoms. The molecule has 22 heavy (non-hydrogen) atoms. The molecule has 5 rings (SSSR count). The van der Waals surface area contributed by atoms with Gasteiger partial charge in [-0.2, -0.15) is 0 Å². The van der Waals surface area contributed by atoms with Gasteiger partial charge in [0.1, 0.15) is 0 Å². The quantitative estimate of drug-likeness (QED) is 0.671. The molecule has 4 aliphatic heterocycles. The number of carbonyl (C=O) groups excluding carboxylic acids is 4. The van der Waals surface area contributed by atoms with Crippen LogP contribution in [0.5, 0.6) is 0 Å². The summed E-state index contributed by atoms with van der Waals surface area (Å²) < 4.78 is 0. The van der Waals surface area contributed by atoms with Crippen molar-refractivity contribution in [3.8, 4) is 0 Å². The van der Waals surface area contributed by atoms with E-state index in [0.717, 1.165) is 9.80 Å². The summed E-state index contributed by atoms with van der Waals surface area (Å²) in [6.07, 6.45) is 3.12. The Kier molecular flexibility index (Phi) is 2.45. The molecule has 1 aromatic rings. The monoisotopic (exact) mass is 294 g/mol. The number of nitrogens with zero attached hydrogens (tertiary/aromatic N) is 2. The van der Waals surface area contributed by atoms with E-state index in [1.165, 1.54) is 12.2 Å². The summed E-state index contributed by atoms with van der Waals surface area (Å²) in [4.78, 5) is 50.9. The van der Waals surface area contributed by atoms with Crippen molar-refractivity contribution in [2.75, 3.05) is 9.80 Å². The van der Waals surface area contributed by atoms with Crippen LogP contribution in [-0.2, 0) is 19.2 Å². The van der Waals surface area contributed by atoms with E-state index in [1.807, 2.05) is 0 Å². The first-order valence-corrected chi connectivity index (χ1v) is 6.84. The van der Waals surface area contributed by atoms with Crippen molar-refractivity contribution in [2.45, 2.75) is 12.8 Å². The van der Waals surface area contributed by atoms with Crippen LogP contribution in [0.25, 0.3) is 0 Å². The van der Waals surface area contributed by atoms with E-state index in [1.54, 1.807) is 24.3 Å². The lowest BCUT2D eigenvalue weighted by Gasteiger charge is -2.19. The number of fused-ring (bicyclic) bond motifs is 3. The summed E-state index contributed by atoms with van der Waals surface area (Å²) in [6.45, 7) is 0. The average molecular weight is 294 g/mol. The molecule has 4 amide bonds. The molecule has 1 aromatic carbocycles. The van der Waals surface area contributed by atoms with Crippen molar-refractivity contribution in [3.05, 3.63) is 47.6 Å². The van der Waals surface area contributed by atoms with Crippen LogP contribution < -0.4 is 9.80 Å². The fourth-order valence-electron chi connectivity index (χ4n) is 2.91. The molecule has 0 N–H and O–H groups in total. The smallest absolute Gasteiger partial charge is 0.261 e. The van der Waals surface area contributed by atoms with Gasteiger partial charge in [-0.1, -0.05) is 0 Å². The summed E-state index contributed by atoms with van der Waals surface area (Å²) in [5, 5.41) is 0. The van der Waals surface area contributed by atoms with Gasteiger partial charge in [0.25, 0.3) is 23.6 Å². The van der Waals surface area contributed by atoms with E-state index in [2.05, 4.69) is 0 Å². The molecule has 0 atom stereocenters. The van der Waals surface area contributed by atoms with Crippen LogP contribution in [0.15, 0.2) is 47.6 Å². The minimum Gasteiger partial charge on any atom is -0.269 e. The first kappa shape index (κ1) is 12.7. The van der Waals surface area contributed by atoms with Gasteiger partial charge in [0.15, 0.2) is 0 Å². The summed E-state index contributed by atoms with van der Waals surface area (Å²) >= 11 is 0. The summed E-state index contributed by atoms with van der Waals surface area (Å²) in [5.74, 6) is -1.50. The molecule has 0 saturated carbocycles. The Bertz CT molecular complexity index is 748. The second kappa shape index (κ2) is 4.24. The van der Waals surface area contributed by atoms with Gasteiger partial charge in [0.05, 0.1) is 11.4 Å². The zero-order chi connectivity index (χ0) is 15.4. The highest BCUT2D eigenvalue weighted by atomic mass is 16.2. The minimum atomic E-state index is -0.381. The Morgan fingerprint density at radius 3 is 1.36 bits per heavy atom. The molecule has 0 spiro atoms. The fourth-order valence-corrected chi connectivity index (χ4v) is 2.91. The largest absolute Gasteiger partial charge is 0.269 e. The molecule has 0 aromatic heterocycles. The fraction of sp³-hybridized carbons (Fsp3) is 0.125. The van der Waals surface area contributed by atoms with E-state index in [0.29, 0.717) is 22.5 Å².